The van der Waals surface area contributed by atoms with Crippen LogP contribution >= 0.6 is 0 Å². The van der Waals surface area contributed by atoms with Crippen LogP contribution < -0.4 is 0 Å². The smallest absolute Gasteiger partial charge is 0.380 e. The first-order valence-corrected chi connectivity index (χ1v) is 6.66. The van der Waals surface area contributed by atoms with Gasteiger partial charge in [0.15, 0.2) is 0 Å². The molecule has 28 heavy (non-hydrogen) atoms. The molecule has 0 aromatic heterocycles. The normalized spacial score (nSPS) is 12.0. The lowest BCUT2D eigenvalue weighted by Gasteiger charge is -2.35. The number of carbonyl (C=O) groups is 2. The van der Waals surface area contributed by atoms with Crippen molar-refractivity contribution in [3.63, 3.8) is 0 Å². The Labute approximate surface area is 153 Å². The van der Waals surface area contributed by atoms with Gasteiger partial charge in [-0.3, -0.25) is 0 Å². The maximum atomic E-state index is 12.4. The monoisotopic (exact) mass is 434 g/mol. The third-order valence-electron chi connectivity index (χ3n) is 2.44. The summed E-state index contributed by atoms with van der Waals surface area (Å²) in [5.41, 5.74) is 0.352. The highest BCUT2D eigenvalue weighted by molar-refractivity contribution is 5.85. The van der Waals surface area contributed by atoms with E-state index in [2.05, 4.69) is 13.2 Å². The lowest BCUT2D eigenvalue weighted by molar-refractivity contribution is -0.373. The van der Waals surface area contributed by atoms with Crippen molar-refractivity contribution in [3.05, 3.63) is 24.3 Å². The SMILES string of the molecule is C=C(C)C(=O)O.C=C(C)C(=O)O.OCC(F)(F)C(F)(F)C(F)(F)C(F)(F)CO. The number of alkyl halides is 8. The first-order valence-electron chi connectivity index (χ1n) is 6.66. The van der Waals surface area contributed by atoms with Gasteiger partial charge in [-0.2, -0.15) is 35.1 Å². The van der Waals surface area contributed by atoms with Gasteiger partial charge >= 0.3 is 35.6 Å². The topological polar surface area (TPSA) is 115 Å². The van der Waals surface area contributed by atoms with Crippen LogP contribution in [0.3, 0.4) is 0 Å². The van der Waals surface area contributed by atoms with Crippen molar-refractivity contribution in [1.29, 1.82) is 0 Å². The van der Waals surface area contributed by atoms with Gasteiger partial charge in [0.25, 0.3) is 0 Å². The molecule has 0 radical (unpaired) electrons. The largest absolute Gasteiger partial charge is 0.478 e. The van der Waals surface area contributed by atoms with Crippen LogP contribution in [0.1, 0.15) is 13.8 Å². The molecule has 166 valence electrons. The fourth-order valence-electron chi connectivity index (χ4n) is 0.658. The summed E-state index contributed by atoms with van der Waals surface area (Å²) in [6.45, 7) is 3.73. The predicted molar refractivity (Wildman–Crippen MR) is 78.9 cm³/mol. The molecule has 0 aliphatic heterocycles. The van der Waals surface area contributed by atoms with Crippen LogP contribution in [0.4, 0.5) is 35.1 Å². The van der Waals surface area contributed by atoms with E-state index in [-0.39, 0.29) is 11.1 Å². The molecule has 0 aromatic carbocycles. The number of carboxylic acid groups (broad SMARTS) is 2. The Bertz CT molecular complexity index is 500. The van der Waals surface area contributed by atoms with E-state index in [1.807, 2.05) is 0 Å². The Morgan fingerprint density at radius 1 is 0.679 bits per heavy atom. The molecule has 0 bridgehead atoms. The number of carboxylic acids is 2. The van der Waals surface area contributed by atoms with Gasteiger partial charge in [-0.15, -0.1) is 0 Å². The molecular formula is C14H18F8O6. The van der Waals surface area contributed by atoms with E-state index in [1.165, 1.54) is 13.8 Å². The van der Waals surface area contributed by atoms with Gasteiger partial charge in [-0.25, -0.2) is 9.59 Å². The third kappa shape index (κ3) is 8.21. The summed E-state index contributed by atoms with van der Waals surface area (Å²) in [5, 5.41) is 31.3. The maximum absolute atomic E-state index is 12.4. The molecule has 0 aliphatic rings. The summed E-state index contributed by atoms with van der Waals surface area (Å²) in [6, 6.07) is 0. The molecule has 4 N–H and O–H groups in total. The quantitative estimate of drug-likeness (QED) is 0.362. The average Bonchev–Trinajstić information content (AvgIpc) is 2.55. The van der Waals surface area contributed by atoms with Crippen molar-refractivity contribution < 1.29 is 65.1 Å². The fraction of sp³-hybridized carbons (Fsp3) is 0.571. The van der Waals surface area contributed by atoms with Crippen LogP contribution in [0.25, 0.3) is 0 Å². The molecule has 14 heteroatoms. The second kappa shape index (κ2) is 10.9. The number of hydrogen-bond donors (Lipinski definition) is 4. The lowest BCUT2D eigenvalue weighted by atomic mass is 9.99. The number of rotatable bonds is 7. The molecule has 0 fully saturated rings. The first-order chi connectivity index (χ1) is 12.2. The summed E-state index contributed by atoms with van der Waals surface area (Å²) < 4.78 is 98.4. The molecule has 0 heterocycles. The molecule has 0 aromatic rings. The zero-order valence-electron chi connectivity index (χ0n) is 14.5. The minimum atomic E-state index is -6.50. The van der Waals surface area contributed by atoms with E-state index in [4.69, 9.17) is 20.4 Å². The first kappa shape index (κ1) is 30.5. The number of aliphatic carboxylic acids is 2. The molecule has 0 atom stereocenters. The Kier molecular flexibility index (Phi) is 11.9. The summed E-state index contributed by atoms with van der Waals surface area (Å²) in [7, 11) is 0. The molecule has 0 unspecified atom stereocenters. The Morgan fingerprint density at radius 2 is 0.821 bits per heavy atom. The summed E-state index contributed by atoms with van der Waals surface area (Å²) >= 11 is 0. The summed E-state index contributed by atoms with van der Waals surface area (Å²) in [6.07, 6.45) is 0. The third-order valence-corrected chi connectivity index (χ3v) is 2.44. The van der Waals surface area contributed by atoms with E-state index in [1.54, 1.807) is 0 Å². The van der Waals surface area contributed by atoms with Gasteiger partial charge < -0.3 is 20.4 Å². The average molecular weight is 434 g/mol. The molecule has 0 saturated carbocycles. The van der Waals surface area contributed by atoms with Crippen molar-refractivity contribution in [2.24, 2.45) is 0 Å². The van der Waals surface area contributed by atoms with Crippen LogP contribution in [-0.4, -0.2) is 69.3 Å². The van der Waals surface area contributed by atoms with E-state index in [0.717, 1.165) is 0 Å². The Hall–Kier alpha value is -2.22. The van der Waals surface area contributed by atoms with Crippen LogP contribution in [-0.2, 0) is 9.59 Å². The van der Waals surface area contributed by atoms with Crippen molar-refractivity contribution in [2.75, 3.05) is 13.2 Å². The van der Waals surface area contributed by atoms with Gasteiger partial charge in [-0.05, 0) is 13.8 Å². The van der Waals surface area contributed by atoms with E-state index >= 15 is 0 Å². The van der Waals surface area contributed by atoms with Crippen LogP contribution in [0.15, 0.2) is 24.3 Å². The van der Waals surface area contributed by atoms with Crippen molar-refractivity contribution in [2.45, 2.75) is 37.5 Å². The van der Waals surface area contributed by atoms with Crippen molar-refractivity contribution in [3.8, 4) is 0 Å². The van der Waals surface area contributed by atoms with Gasteiger partial charge in [0.2, 0.25) is 0 Å². The predicted octanol–water partition coefficient (Wildman–Crippen LogP) is 2.81. The molecule has 6 nitrogen and oxygen atoms in total. The van der Waals surface area contributed by atoms with Gasteiger partial charge in [0.05, 0.1) is 0 Å². The maximum Gasteiger partial charge on any atom is 0.380 e. The number of aliphatic hydroxyl groups is 2. The van der Waals surface area contributed by atoms with Crippen molar-refractivity contribution in [1.82, 2.24) is 0 Å². The zero-order chi connectivity index (χ0) is 23.7. The second-order valence-electron chi connectivity index (χ2n) is 5.04. The highest BCUT2D eigenvalue weighted by Crippen LogP contribution is 2.52. The number of hydrogen-bond acceptors (Lipinski definition) is 4. The van der Waals surface area contributed by atoms with E-state index in [0.29, 0.717) is 0 Å². The van der Waals surface area contributed by atoms with Crippen LogP contribution in [0, 0.1) is 0 Å². The van der Waals surface area contributed by atoms with Crippen LogP contribution in [0.5, 0.6) is 0 Å². The number of halogens is 8. The molecule has 0 saturated heterocycles. The zero-order valence-corrected chi connectivity index (χ0v) is 14.5. The van der Waals surface area contributed by atoms with Gasteiger partial charge in [0, 0.05) is 11.1 Å². The molecule has 0 rings (SSSR count). The van der Waals surface area contributed by atoms with Crippen molar-refractivity contribution >= 4 is 11.9 Å². The minimum Gasteiger partial charge on any atom is -0.478 e. The van der Waals surface area contributed by atoms with Crippen LogP contribution in [0.2, 0.25) is 0 Å². The lowest BCUT2D eigenvalue weighted by Crippen LogP contribution is -2.64. The highest BCUT2D eigenvalue weighted by atomic mass is 19.4. The standard InChI is InChI=1S/C6H6F8O2.2C4H6O2/c7-3(8,1-15)5(11,12)6(13,14)4(9,10)2-16;2*1-3(2)4(5)6/h15-16H,1-2H2;2*1H2,2H3,(H,5,6). The highest BCUT2D eigenvalue weighted by Gasteiger charge is 2.80. The molecule has 0 spiro atoms. The van der Waals surface area contributed by atoms with Gasteiger partial charge in [0.1, 0.15) is 13.2 Å². The minimum absolute atomic E-state index is 0.176. The Morgan fingerprint density at radius 3 is 0.893 bits per heavy atom. The van der Waals surface area contributed by atoms with Gasteiger partial charge in [-0.1, -0.05) is 13.2 Å². The summed E-state index contributed by atoms with van der Waals surface area (Å²) in [5.74, 6) is -26.4. The van der Waals surface area contributed by atoms with E-state index in [9.17, 15) is 44.7 Å². The molecule has 0 amide bonds. The Balaban J connectivity index is -0.000000426. The van der Waals surface area contributed by atoms with E-state index < -0.39 is 48.8 Å². The molecule has 0 aliphatic carbocycles. The fourth-order valence-corrected chi connectivity index (χ4v) is 0.658. The molecular weight excluding hydrogens is 416 g/mol. The summed E-state index contributed by atoms with van der Waals surface area (Å²) in [4.78, 5) is 19.2. The second-order valence-corrected chi connectivity index (χ2v) is 5.04. The number of aliphatic hydroxyl groups excluding tert-OH is 2.